The van der Waals surface area contributed by atoms with E-state index in [2.05, 4.69) is 26.1 Å². The topological polar surface area (TPSA) is 43.6 Å². The molecule has 1 atom stereocenters. The summed E-state index contributed by atoms with van der Waals surface area (Å²) in [4.78, 5) is 0. The summed E-state index contributed by atoms with van der Waals surface area (Å²) in [6.45, 7) is 10.0. The molecule has 4 nitrogen and oxygen atoms in total. The lowest BCUT2D eigenvalue weighted by Crippen LogP contribution is -2.27. The maximum absolute atomic E-state index is 5.63. The first kappa shape index (κ1) is 15.2. The van der Waals surface area contributed by atoms with Crippen LogP contribution < -0.4 is 5.32 Å². The van der Waals surface area contributed by atoms with Crippen molar-refractivity contribution in [2.24, 2.45) is 5.92 Å². The Balaban J connectivity index is 1.92. The van der Waals surface area contributed by atoms with Crippen molar-refractivity contribution in [2.75, 3.05) is 26.4 Å². The Kier molecular flexibility index (Phi) is 7.73. The average Bonchev–Trinajstić information content (AvgIpc) is 2.81. The molecule has 104 valence electrons. The normalized spacial score (nSPS) is 13.1. The van der Waals surface area contributed by atoms with Crippen molar-refractivity contribution in [1.29, 1.82) is 0 Å². The number of hydrogen-bond acceptors (Lipinski definition) is 4. The minimum atomic E-state index is 0.183. The molecule has 1 heterocycles. The predicted molar refractivity (Wildman–Crippen MR) is 71.5 cm³/mol. The Bertz CT molecular complexity index is 285. The molecule has 0 aliphatic rings. The Labute approximate surface area is 110 Å². The van der Waals surface area contributed by atoms with Gasteiger partial charge in [0.2, 0.25) is 0 Å². The van der Waals surface area contributed by atoms with E-state index in [1.165, 1.54) is 0 Å². The maximum atomic E-state index is 5.63. The Hall–Kier alpha value is -0.840. The van der Waals surface area contributed by atoms with Crippen LogP contribution in [0, 0.1) is 5.92 Å². The van der Waals surface area contributed by atoms with Crippen LogP contribution in [0.3, 0.4) is 0 Å². The minimum Gasteiger partial charge on any atom is -0.468 e. The van der Waals surface area contributed by atoms with Gasteiger partial charge in [0.25, 0.3) is 0 Å². The lowest BCUT2D eigenvalue weighted by Gasteiger charge is -2.14. The molecule has 0 aliphatic carbocycles. The lowest BCUT2D eigenvalue weighted by molar-refractivity contribution is 0.00651. The van der Waals surface area contributed by atoms with Gasteiger partial charge in [0.15, 0.2) is 0 Å². The summed E-state index contributed by atoms with van der Waals surface area (Å²) in [5, 5.41) is 3.29. The van der Waals surface area contributed by atoms with E-state index in [1.54, 1.807) is 6.26 Å². The van der Waals surface area contributed by atoms with Crippen molar-refractivity contribution in [3.05, 3.63) is 24.2 Å². The van der Waals surface area contributed by atoms with Gasteiger partial charge < -0.3 is 19.2 Å². The molecule has 1 unspecified atom stereocenters. The van der Waals surface area contributed by atoms with Gasteiger partial charge in [0.1, 0.15) is 5.76 Å². The van der Waals surface area contributed by atoms with Gasteiger partial charge in [-0.05, 0) is 25.0 Å². The molecular weight excluding hydrogens is 230 g/mol. The first-order chi connectivity index (χ1) is 8.68. The molecule has 1 N–H and O–H groups in total. The average molecular weight is 255 g/mol. The molecular formula is C14H25NO3. The quantitative estimate of drug-likeness (QED) is 0.652. The molecule has 0 bridgehead atoms. The van der Waals surface area contributed by atoms with Crippen molar-refractivity contribution in [3.8, 4) is 0 Å². The maximum Gasteiger partial charge on any atom is 0.117 e. The first-order valence-corrected chi connectivity index (χ1v) is 6.61. The Morgan fingerprint density at radius 1 is 1.28 bits per heavy atom. The highest BCUT2D eigenvalue weighted by Crippen LogP contribution is 1.99. The molecule has 0 aliphatic heterocycles. The van der Waals surface area contributed by atoms with Gasteiger partial charge in [-0.25, -0.2) is 0 Å². The highest BCUT2D eigenvalue weighted by atomic mass is 16.5. The summed E-state index contributed by atoms with van der Waals surface area (Å²) < 4.78 is 16.3. The first-order valence-electron chi connectivity index (χ1n) is 6.61. The zero-order valence-corrected chi connectivity index (χ0v) is 11.6. The van der Waals surface area contributed by atoms with Crippen LogP contribution in [0.25, 0.3) is 0 Å². The summed E-state index contributed by atoms with van der Waals surface area (Å²) in [7, 11) is 0. The second kappa shape index (κ2) is 9.14. The van der Waals surface area contributed by atoms with Crippen LogP contribution in [0.15, 0.2) is 22.8 Å². The van der Waals surface area contributed by atoms with Crippen molar-refractivity contribution in [1.82, 2.24) is 5.32 Å². The number of furan rings is 1. The number of nitrogens with one attached hydrogen (secondary N) is 1. The second-order valence-corrected chi connectivity index (χ2v) is 4.86. The van der Waals surface area contributed by atoms with Crippen LogP contribution in [0.5, 0.6) is 0 Å². The highest BCUT2D eigenvalue weighted by molar-refractivity contribution is 4.97. The molecule has 1 aromatic rings. The molecule has 0 aromatic carbocycles. The fraction of sp³-hybridized carbons (Fsp3) is 0.714. The summed E-state index contributed by atoms with van der Waals surface area (Å²) in [5.74, 6) is 1.53. The highest BCUT2D eigenvalue weighted by Gasteiger charge is 2.02. The van der Waals surface area contributed by atoms with Gasteiger partial charge >= 0.3 is 0 Å². The van der Waals surface area contributed by atoms with E-state index in [9.17, 15) is 0 Å². The molecule has 4 heteroatoms. The van der Waals surface area contributed by atoms with Crippen LogP contribution in [-0.4, -0.2) is 32.5 Å². The van der Waals surface area contributed by atoms with E-state index in [0.717, 1.165) is 25.5 Å². The zero-order chi connectivity index (χ0) is 13.2. The second-order valence-electron chi connectivity index (χ2n) is 4.86. The minimum absolute atomic E-state index is 0.183. The molecule has 0 spiro atoms. The van der Waals surface area contributed by atoms with Crippen LogP contribution in [0.1, 0.15) is 26.5 Å². The van der Waals surface area contributed by atoms with Crippen LogP contribution in [0.4, 0.5) is 0 Å². The summed E-state index contributed by atoms with van der Waals surface area (Å²) in [6, 6.07) is 3.85. The van der Waals surface area contributed by atoms with E-state index in [0.29, 0.717) is 19.1 Å². The van der Waals surface area contributed by atoms with Gasteiger partial charge in [0.05, 0.1) is 32.1 Å². The molecule has 0 saturated heterocycles. The third kappa shape index (κ3) is 7.48. The standard InChI is InChI=1S/C14H25NO3/c1-12(2)11-16-7-8-17-13(3)9-15-10-14-5-4-6-18-14/h4-6,12-13,15H,7-11H2,1-3H3. The molecule has 0 amide bonds. The van der Waals surface area contributed by atoms with Gasteiger partial charge in [0, 0.05) is 13.2 Å². The van der Waals surface area contributed by atoms with Crippen LogP contribution in [0.2, 0.25) is 0 Å². The molecule has 0 fully saturated rings. The molecule has 0 radical (unpaired) electrons. The van der Waals surface area contributed by atoms with Crippen molar-refractivity contribution >= 4 is 0 Å². The smallest absolute Gasteiger partial charge is 0.117 e. The molecule has 1 aromatic heterocycles. The third-order valence-corrected chi connectivity index (χ3v) is 2.39. The summed E-state index contributed by atoms with van der Waals surface area (Å²) in [6.07, 6.45) is 1.87. The Morgan fingerprint density at radius 2 is 2.11 bits per heavy atom. The van der Waals surface area contributed by atoms with E-state index in [1.807, 2.05) is 12.1 Å². The van der Waals surface area contributed by atoms with Crippen LogP contribution in [-0.2, 0) is 16.0 Å². The fourth-order valence-electron chi connectivity index (χ4n) is 1.50. The third-order valence-electron chi connectivity index (χ3n) is 2.39. The largest absolute Gasteiger partial charge is 0.468 e. The van der Waals surface area contributed by atoms with E-state index < -0.39 is 0 Å². The molecule has 18 heavy (non-hydrogen) atoms. The van der Waals surface area contributed by atoms with E-state index in [-0.39, 0.29) is 6.10 Å². The van der Waals surface area contributed by atoms with Crippen molar-refractivity contribution < 1.29 is 13.9 Å². The summed E-state index contributed by atoms with van der Waals surface area (Å²) in [5.41, 5.74) is 0. The monoisotopic (exact) mass is 255 g/mol. The number of rotatable bonds is 10. The summed E-state index contributed by atoms with van der Waals surface area (Å²) >= 11 is 0. The van der Waals surface area contributed by atoms with Gasteiger partial charge in [-0.15, -0.1) is 0 Å². The number of ether oxygens (including phenoxy) is 2. The van der Waals surface area contributed by atoms with Crippen LogP contribution >= 0.6 is 0 Å². The predicted octanol–water partition coefficient (Wildman–Crippen LogP) is 2.45. The SMILES string of the molecule is CC(C)COCCOC(C)CNCc1ccco1. The van der Waals surface area contributed by atoms with Gasteiger partial charge in [-0.1, -0.05) is 13.8 Å². The fourth-order valence-corrected chi connectivity index (χ4v) is 1.50. The van der Waals surface area contributed by atoms with Gasteiger partial charge in [-0.3, -0.25) is 0 Å². The van der Waals surface area contributed by atoms with Gasteiger partial charge in [-0.2, -0.15) is 0 Å². The lowest BCUT2D eigenvalue weighted by atomic mass is 10.2. The van der Waals surface area contributed by atoms with E-state index >= 15 is 0 Å². The van der Waals surface area contributed by atoms with Crippen molar-refractivity contribution in [3.63, 3.8) is 0 Å². The van der Waals surface area contributed by atoms with E-state index in [4.69, 9.17) is 13.9 Å². The Morgan fingerprint density at radius 3 is 2.78 bits per heavy atom. The molecule has 1 rings (SSSR count). The number of hydrogen-bond donors (Lipinski definition) is 1. The zero-order valence-electron chi connectivity index (χ0n) is 11.6. The van der Waals surface area contributed by atoms with Crippen molar-refractivity contribution in [2.45, 2.75) is 33.4 Å². The molecule has 0 saturated carbocycles.